The molecule has 0 aliphatic rings. The van der Waals surface area contributed by atoms with Crippen LogP contribution in [0.5, 0.6) is 0 Å². The molecule has 0 aromatic heterocycles. The molecular weight excluding hydrogens is 416 g/mol. The number of amides is 2. The molecular formula is C22H26N4O6. The summed E-state index contributed by atoms with van der Waals surface area (Å²) in [5.41, 5.74) is 7.04. The van der Waals surface area contributed by atoms with E-state index >= 15 is 0 Å². The highest BCUT2D eigenvalue weighted by Gasteiger charge is 2.13. The van der Waals surface area contributed by atoms with Crippen molar-refractivity contribution < 1.29 is 29.0 Å². The van der Waals surface area contributed by atoms with E-state index in [0.717, 1.165) is 11.1 Å². The van der Waals surface area contributed by atoms with E-state index in [-0.39, 0.29) is 32.1 Å². The van der Waals surface area contributed by atoms with Gasteiger partial charge < -0.3 is 20.3 Å². The van der Waals surface area contributed by atoms with Gasteiger partial charge in [0.1, 0.15) is 19.3 Å². The van der Waals surface area contributed by atoms with Crippen LogP contribution in [0.4, 0.5) is 9.59 Å². The zero-order chi connectivity index (χ0) is 23.2. The lowest BCUT2D eigenvalue weighted by atomic mass is 10.2. The van der Waals surface area contributed by atoms with Gasteiger partial charge in [0.2, 0.25) is 5.96 Å². The van der Waals surface area contributed by atoms with Crippen molar-refractivity contribution in [1.82, 2.24) is 10.6 Å². The summed E-state index contributed by atoms with van der Waals surface area (Å²) in [5, 5.41) is 13.5. The Morgan fingerprint density at radius 2 is 1.34 bits per heavy atom. The predicted octanol–water partition coefficient (Wildman–Crippen LogP) is 2.39. The van der Waals surface area contributed by atoms with Gasteiger partial charge in [-0.3, -0.25) is 20.4 Å². The molecule has 0 unspecified atom stereocenters. The second kappa shape index (κ2) is 13.4. The number of nitrogens with one attached hydrogen (secondary N) is 2. The van der Waals surface area contributed by atoms with E-state index in [1.807, 2.05) is 36.4 Å². The lowest BCUT2D eigenvalue weighted by molar-refractivity contribution is -0.138. The lowest BCUT2D eigenvalue weighted by Crippen LogP contribution is -2.44. The summed E-state index contributed by atoms with van der Waals surface area (Å²) in [6.07, 6.45) is -1.13. The zero-order valence-electron chi connectivity index (χ0n) is 17.4. The molecule has 0 saturated heterocycles. The summed E-state index contributed by atoms with van der Waals surface area (Å²) >= 11 is 0. The van der Waals surface area contributed by atoms with Gasteiger partial charge in [-0.2, -0.15) is 0 Å². The molecule has 2 aromatic rings. The number of aliphatic imine (C=N–C) groups is 1. The highest BCUT2D eigenvalue weighted by molar-refractivity contribution is 6.01. The molecule has 10 heteroatoms. The summed E-state index contributed by atoms with van der Waals surface area (Å²) in [6, 6.07) is 17.1. The number of nitrogens with two attached hydrogens (primary N) is 1. The average molecular weight is 442 g/mol. The molecule has 1 atom stereocenters. The molecule has 0 spiro atoms. The molecule has 0 radical (unpaired) electrons. The monoisotopic (exact) mass is 442 g/mol. The predicted molar refractivity (Wildman–Crippen MR) is 117 cm³/mol. The van der Waals surface area contributed by atoms with Crippen LogP contribution in [0.25, 0.3) is 0 Å². The number of guanidine groups is 1. The molecule has 0 fully saturated rings. The summed E-state index contributed by atoms with van der Waals surface area (Å²) in [7, 11) is 0. The van der Waals surface area contributed by atoms with Crippen molar-refractivity contribution in [3.63, 3.8) is 0 Å². The maximum absolute atomic E-state index is 12.1. The fourth-order valence-corrected chi connectivity index (χ4v) is 2.45. The van der Waals surface area contributed by atoms with Crippen molar-refractivity contribution in [3.05, 3.63) is 71.8 Å². The molecule has 0 aliphatic heterocycles. The molecule has 0 saturated carbocycles. The van der Waals surface area contributed by atoms with Crippen molar-refractivity contribution in [3.8, 4) is 0 Å². The number of nitrogens with zero attached hydrogens (tertiary/aromatic N) is 1. The third-order valence-electron chi connectivity index (χ3n) is 4.13. The Morgan fingerprint density at radius 1 is 0.875 bits per heavy atom. The molecule has 0 heterocycles. The number of carboxylic acid groups (broad SMARTS) is 1. The number of benzene rings is 2. The van der Waals surface area contributed by atoms with Crippen LogP contribution < -0.4 is 16.4 Å². The Morgan fingerprint density at radius 3 is 1.78 bits per heavy atom. The Kier molecular flexibility index (Phi) is 10.2. The van der Waals surface area contributed by atoms with Gasteiger partial charge in [0, 0.05) is 6.54 Å². The minimum Gasteiger partial charge on any atom is -0.480 e. The van der Waals surface area contributed by atoms with E-state index in [9.17, 15) is 14.4 Å². The van der Waals surface area contributed by atoms with Crippen LogP contribution in [-0.4, -0.2) is 41.8 Å². The van der Waals surface area contributed by atoms with Gasteiger partial charge in [0.05, 0.1) is 0 Å². The number of alkyl carbamates (subject to hydrolysis) is 2. The number of rotatable bonds is 9. The Bertz CT molecular complexity index is 846. The first-order valence-electron chi connectivity index (χ1n) is 9.92. The van der Waals surface area contributed by atoms with Crippen molar-refractivity contribution in [2.45, 2.75) is 32.1 Å². The molecule has 2 rings (SSSR count). The van der Waals surface area contributed by atoms with Crippen molar-refractivity contribution in [1.29, 1.82) is 0 Å². The fourth-order valence-electron chi connectivity index (χ4n) is 2.45. The lowest BCUT2D eigenvalue weighted by Gasteiger charge is -2.12. The molecule has 170 valence electrons. The van der Waals surface area contributed by atoms with Gasteiger partial charge in [0.25, 0.3) is 0 Å². The summed E-state index contributed by atoms with van der Waals surface area (Å²) in [6.45, 7) is 0.186. The molecule has 0 bridgehead atoms. The van der Waals surface area contributed by atoms with Crippen molar-refractivity contribution in [2.75, 3.05) is 6.54 Å². The van der Waals surface area contributed by atoms with Crippen LogP contribution in [-0.2, 0) is 27.5 Å². The van der Waals surface area contributed by atoms with Crippen LogP contribution in [0.3, 0.4) is 0 Å². The van der Waals surface area contributed by atoms with E-state index in [1.54, 1.807) is 24.3 Å². The number of aliphatic carboxylic acids is 1. The minimum atomic E-state index is -1.11. The number of hydrogen-bond acceptors (Lipinski definition) is 7. The minimum absolute atomic E-state index is 0.0336. The number of ether oxygens (including phenoxy) is 2. The first-order chi connectivity index (χ1) is 15.4. The van der Waals surface area contributed by atoms with E-state index < -0.39 is 24.2 Å². The van der Waals surface area contributed by atoms with Crippen LogP contribution in [0.15, 0.2) is 65.7 Å². The SMILES string of the molecule is N[C@@H](CCCN=C(NC(=O)OCc1ccccc1)NC(=O)OCc1ccccc1)C(=O)O. The summed E-state index contributed by atoms with van der Waals surface area (Å²) < 4.78 is 10.2. The van der Waals surface area contributed by atoms with Crippen molar-refractivity contribution >= 4 is 24.1 Å². The van der Waals surface area contributed by atoms with Gasteiger partial charge in [-0.25, -0.2) is 9.59 Å². The van der Waals surface area contributed by atoms with Gasteiger partial charge in [-0.1, -0.05) is 60.7 Å². The molecule has 2 amide bonds. The summed E-state index contributed by atoms with van der Waals surface area (Å²) in [4.78, 5) is 39.1. The molecule has 2 aromatic carbocycles. The third-order valence-corrected chi connectivity index (χ3v) is 4.13. The van der Waals surface area contributed by atoms with Crippen LogP contribution in [0, 0.1) is 0 Å². The first-order valence-corrected chi connectivity index (χ1v) is 9.92. The fraction of sp³-hybridized carbons (Fsp3) is 0.273. The molecule has 5 N–H and O–H groups in total. The van der Waals surface area contributed by atoms with E-state index in [2.05, 4.69) is 15.6 Å². The second-order valence-electron chi connectivity index (χ2n) is 6.69. The van der Waals surface area contributed by atoms with Gasteiger partial charge >= 0.3 is 18.2 Å². The van der Waals surface area contributed by atoms with E-state index in [1.165, 1.54) is 0 Å². The third kappa shape index (κ3) is 9.72. The Balaban J connectivity index is 1.89. The number of carboxylic acids is 1. The highest BCUT2D eigenvalue weighted by atomic mass is 16.6. The van der Waals surface area contributed by atoms with Crippen molar-refractivity contribution in [2.24, 2.45) is 10.7 Å². The van der Waals surface area contributed by atoms with Gasteiger partial charge in [0.15, 0.2) is 0 Å². The van der Waals surface area contributed by atoms with E-state index in [4.69, 9.17) is 20.3 Å². The molecule has 10 nitrogen and oxygen atoms in total. The standard InChI is InChI=1S/C22H26N4O6/c23-18(19(27)28)12-7-13-24-20(25-21(29)31-14-16-8-3-1-4-9-16)26-22(30)32-15-17-10-5-2-6-11-17/h1-6,8-11,18H,7,12-15,23H2,(H,27,28)(H2,24,25,26,29,30)/t18-/m0/s1. The second-order valence-corrected chi connectivity index (χ2v) is 6.69. The maximum Gasteiger partial charge on any atom is 0.414 e. The quantitative estimate of drug-likeness (QED) is 0.264. The summed E-state index contributed by atoms with van der Waals surface area (Å²) in [5.74, 6) is -1.29. The number of carbonyl (C=O) groups excluding carboxylic acids is 2. The Hall–Kier alpha value is -3.92. The number of carbonyl (C=O) groups is 3. The van der Waals surface area contributed by atoms with Crippen LogP contribution in [0.1, 0.15) is 24.0 Å². The van der Waals surface area contributed by atoms with E-state index in [0.29, 0.717) is 6.42 Å². The highest BCUT2D eigenvalue weighted by Crippen LogP contribution is 2.02. The number of hydrogen-bond donors (Lipinski definition) is 4. The maximum atomic E-state index is 12.1. The zero-order valence-corrected chi connectivity index (χ0v) is 17.4. The van der Waals surface area contributed by atoms with Crippen LogP contribution in [0.2, 0.25) is 0 Å². The topological polar surface area (TPSA) is 152 Å². The first kappa shape index (κ1) is 24.4. The van der Waals surface area contributed by atoms with Gasteiger partial charge in [-0.05, 0) is 24.0 Å². The average Bonchev–Trinajstić information content (AvgIpc) is 2.80. The normalized spacial score (nSPS) is 11.0. The smallest absolute Gasteiger partial charge is 0.414 e. The van der Waals surface area contributed by atoms with Gasteiger partial charge in [-0.15, -0.1) is 0 Å². The molecule has 32 heavy (non-hydrogen) atoms. The molecule has 0 aliphatic carbocycles. The Labute approximate surface area is 185 Å². The van der Waals surface area contributed by atoms with Crippen LogP contribution >= 0.6 is 0 Å². The largest absolute Gasteiger partial charge is 0.480 e.